The summed E-state index contributed by atoms with van der Waals surface area (Å²) in [5.41, 5.74) is 0.942. The average molecular weight is 207 g/mol. The number of aliphatic hydroxyl groups excluding tert-OH is 1. The van der Waals surface area contributed by atoms with Gasteiger partial charge in [0.25, 0.3) is 0 Å². The quantitative estimate of drug-likeness (QED) is 0.790. The van der Waals surface area contributed by atoms with Crippen molar-refractivity contribution in [2.75, 3.05) is 18.1 Å². The highest BCUT2D eigenvalue weighted by Gasteiger charge is 2.23. The summed E-state index contributed by atoms with van der Waals surface area (Å²) in [5, 5.41) is 9.32. The zero-order valence-corrected chi connectivity index (χ0v) is 9.06. The van der Waals surface area contributed by atoms with Crippen LogP contribution in [-0.4, -0.2) is 34.3 Å². The molecule has 1 aliphatic heterocycles. The molecule has 4 nitrogen and oxygen atoms in total. The van der Waals surface area contributed by atoms with Crippen LogP contribution in [0, 0.1) is 6.92 Å². The molecule has 2 rings (SSSR count). The van der Waals surface area contributed by atoms with Crippen LogP contribution in [0.4, 0.5) is 5.82 Å². The smallest absolute Gasteiger partial charge is 0.150 e. The minimum Gasteiger partial charge on any atom is -0.394 e. The molecule has 0 saturated carbocycles. The van der Waals surface area contributed by atoms with Crippen molar-refractivity contribution in [2.45, 2.75) is 32.2 Å². The Hall–Kier alpha value is -1.16. The lowest BCUT2D eigenvalue weighted by molar-refractivity contribution is 0.239. The summed E-state index contributed by atoms with van der Waals surface area (Å²) in [5.74, 6) is 0.927. The zero-order chi connectivity index (χ0) is 10.7. The summed E-state index contributed by atoms with van der Waals surface area (Å²) in [6.07, 6.45) is 6.84. The molecule has 0 bridgehead atoms. The molecular weight excluding hydrogens is 190 g/mol. The number of hydrogen-bond donors (Lipinski definition) is 1. The van der Waals surface area contributed by atoms with Crippen molar-refractivity contribution in [3.05, 3.63) is 18.1 Å². The van der Waals surface area contributed by atoms with Crippen molar-refractivity contribution in [3.8, 4) is 0 Å². The summed E-state index contributed by atoms with van der Waals surface area (Å²) < 4.78 is 0. The highest BCUT2D eigenvalue weighted by Crippen LogP contribution is 2.24. The Bertz CT molecular complexity index is 329. The Kier molecular flexibility index (Phi) is 3.16. The van der Waals surface area contributed by atoms with E-state index in [0.717, 1.165) is 24.5 Å². The number of nitrogens with zero attached hydrogens (tertiary/aromatic N) is 3. The number of aryl methyl sites for hydroxylation is 1. The van der Waals surface area contributed by atoms with Crippen molar-refractivity contribution in [1.29, 1.82) is 0 Å². The van der Waals surface area contributed by atoms with E-state index in [9.17, 15) is 5.11 Å². The maximum absolute atomic E-state index is 9.32. The molecule has 15 heavy (non-hydrogen) atoms. The fraction of sp³-hybridized carbons (Fsp3) is 0.636. The van der Waals surface area contributed by atoms with E-state index < -0.39 is 0 Å². The first-order chi connectivity index (χ1) is 7.33. The Labute approximate surface area is 90.0 Å². The molecule has 1 aliphatic rings. The van der Waals surface area contributed by atoms with Crippen LogP contribution in [0.3, 0.4) is 0 Å². The molecule has 82 valence electrons. The standard InChI is InChI=1S/C11H17N3O/c1-9-11(13-6-5-12-9)14-7-3-2-4-10(14)8-15/h5-6,10,15H,2-4,7-8H2,1H3/t10-/m0/s1. The molecule has 0 radical (unpaired) electrons. The van der Waals surface area contributed by atoms with Crippen LogP contribution in [0.2, 0.25) is 0 Å². The number of aliphatic hydroxyl groups is 1. The number of aromatic nitrogens is 2. The van der Waals surface area contributed by atoms with Gasteiger partial charge in [0, 0.05) is 18.9 Å². The van der Waals surface area contributed by atoms with Crippen LogP contribution >= 0.6 is 0 Å². The molecule has 2 heterocycles. The predicted molar refractivity (Wildman–Crippen MR) is 58.8 cm³/mol. The third kappa shape index (κ3) is 2.09. The number of anilines is 1. The van der Waals surface area contributed by atoms with Crippen molar-refractivity contribution in [3.63, 3.8) is 0 Å². The molecule has 1 aromatic rings. The number of hydrogen-bond acceptors (Lipinski definition) is 4. The first-order valence-corrected chi connectivity index (χ1v) is 5.48. The zero-order valence-electron chi connectivity index (χ0n) is 9.06. The van der Waals surface area contributed by atoms with Crippen LogP contribution in [-0.2, 0) is 0 Å². The predicted octanol–water partition coefficient (Wildman–Crippen LogP) is 1.14. The van der Waals surface area contributed by atoms with E-state index in [1.807, 2.05) is 6.92 Å². The maximum Gasteiger partial charge on any atom is 0.150 e. The highest BCUT2D eigenvalue weighted by molar-refractivity contribution is 5.43. The van der Waals surface area contributed by atoms with Crippen molar-refractivity contribution in [2.24, 2.45) is 0 Å². The maximum atomic E-state index is 9.32. The molecule has 0 spiro atoms. The molecule has 0 aliphatic carbocycles. The molecule has 1 fully saturated rings. The monoisotopic (exact) mass is 207 g/mol. The lowest BCUT2D eigenvalue weighted by Crippen LogP contribution is -2.42. The molecule has 1 aromatic heterocycles. The van der Waals surface area contributed by atoms with E-state index in [-0.39, 0.29) is 12.6 Å². The van der Waals surface area contributed by atoms with Gasteiger partial charge in [-0.1, -0.05) is 0 Å². The molecule has 1 atom stereocenters. The highest BCUT2D eigenvalue weighted by atomic mass is 16.3. The SMILES string of the molecule is Cc1nccnc1N1CCCC[C@H]1CO. The third-order valence-corrected chi connectivity index (χ3v) is 2.97. The minimum absolute atomic E-state index is 0.204. The fourth-order valence-electron chi connectivity index (χ4n) is 2.15. The first kappa shape index (κ1) is 10.4. The van der Waals surface area contributed by atoms with Gasteiger partial charge in [-0.15, -0.1) is 0 Å². The Balaban J connectivity index is 2.24. The van der Waals surface area contributed by atoms with Crippen LogP contribution in [0.1, 0.15) is 25.0 Å². The van der Waals surface area contributed by atoms with Gasteiger partial charge in [0.05, 0.1) is 18.3 Å². The minimum atomic E-state index is 0.204. The van der Waals surface area contributed by atoms with Crippen molar-refractivity contribution in [1.82, 2.24) is 9.97 Å². The van der Waals surface area contributed by atoms with Gasteiger partial charge in [-0.2, -0.15) is 0 Å². The molecule has 1 saturated heterocycles. The van der Waals surface area contributed by atoms with Gasteiger partial charge in [-0.25, -0.2) is 4.98 Å². The summed E-state index contributed by atoms with van der Waals surface area (Å²) in [7, 11) is 0. The largest absolute Gasteiger partial charge is 0.394 e. The first-order valence-electron chi connectivity index (χ1n) is 5.48. The van der Waals surface area contributed by atoms with E-state index in [1.165, 1.54) is 12.8 Å². The van der Waals surface area contributed by atoms with Gasteiger partial charge in [-0.05, 0) is 26.2 Å². The lowest BCUT2D eigenvalue weighted by Gasteiger charge is -2.35. The second-order valence-corrected chi connectivity index (χ2v) is 3.99. The molecule has 0 aromatic carbocycles. The van der Waals surface area contributed by atoms with Gasteiger partial charge in [0.2, 0.25) is 0 Å². The van der Waals surface area contributed by atoms with Crippen molar-refractivity contribution >= 4 is 5.82 Å². The van der Waals surface area contributed by atoms with Gasteiger partial charge in [0.1, 0.15) is 5.82 Å². The molecular formula is C11H17N3O. The van der Waals surface area contributed by atoms with E-state index in [1.54, 1.807) is 12.4 Å². The van der Waals surface area contributed by atoms with Crippen molar-refractivity contribution < 1.29 is 5.11 Å². The molecule has 4 heteroatoms. The van der Waals surface area contributed by atoms with Crippen LogP contribution in [0.5, 0.6) is 0 Å². The number of rotatable bonds is 2. The van der Waals surface area contributed by atoms with E-state index >= 15 is 0 Å². The lowest BCUT2D eigenvalue weighted by atomic mass is 10.0. The fourth-order valence-corrected chi connectivity index (χ4v) is 2.15. The van der Waals surface area contributed by atoms with Gasteiger partial charge >= 0.3 is 0 Å². The van der Waals surface area contributed by atoms with E-state index in [2.05, 4.69) is 14.9 Å². The van der Waals surface area contributed by atoms with Gasteiger partial charge < -0.3 is 10.0 Å². The average Bonchev–Trinajstić information content (AvgIpc) is 2.30. The third-order valence-electron chi connectivity index (χ3n) is 2.97. The normalized spacial score (nSPS) is 21.7. The molecule has 0 unspecified atom stereocenters. The summed E-state index contributed by atoms with van der Waals surface area (Å²) in [6, 6.07) is 0.217. The Morgan fingerprint density at radius 3 is 2.93 bits per heavy atom. The number of piperidine rings is 1. The molecule has 0 amide bonds. The van der Waals surface area contributed by atoms with E-state index in [4.69, 9.17) is 0 Å². The Morgan fingerprint density at radius 2 is 2.20 bits per heavy atom. The topological polar surface area (TPSA) is 49.2 Å². The van der Waals surface area contributed by atoms with Crippen LogP contribution in [0.15, 0.2) is 12.4 Å². The van der Waals surface area contributed by atoms with Gasteiger partial charge in [0.15, 0.2) is 0 Å². The Morgan fingerprint density at radius 1 is 1.40 bits per heavy atom. The summed E-state index contributed by atoms with van der Waals surface area (Å²) in [4.78, 5) is 10.8. The summed E-state index contributed by atoms with van der Waals surface area (Å²) in [6.45, 7) is 3.14. The van der Waals surface area contributed by atoms with E-state index in [0.29, 0.717) is 0 Å². The summed E-state index contributed by atoms with van der Waals surface area (Å²) >= 11 is 0. The second kappa shape index (κ2) is 4.57. The molecule has 1 N–H and O–H groups in total. The van der Waals surface area contributed by atoms with Crippen LogP contribution < -0.4 is 4.90 Å². The second-order valence-electron chi connectivity index (χ2n) is 3.99. The van der Waals surface area contributed by atoms with Gasteiger partial charge in [-0.3, -0.25) is 4.98 Å². The van der Waals surface area contributed by atoms with Crippen LogP contribution in [0.25, 0.3) is 0 Å².